The summed E-state index contributed by atoms with van der Waals surface area (Å²) < 4.78 is 0. The van der Waals surface area contributed by atoms with Crippen LogP contribution in [0.25, 0.3) is 0 Å². The Morgan fingerprint density at radius 3 is 1.14 bits per heavy atom. The second kappa shape index (κ2) is 6.61. The standard InChI is InChI=1S/C13H12O/c14-13-11-9-7-5-3-1-2-4-6-8-10-12-13/h1-12H. The molecule has 0 aliphatic heterocycles. The van der Waals surface area contributed by atoms with Crippen molar-refractivity contribution in [3.63, 3.8) is 0 Å². The van der Waals surface area contributed by atoms with Crippen molar-refractivity contribution in [3.8, 4) is 0 Å². The van der Waals surface area contributed by atoms with E-state index in [1.165, 1.54) is 12.2 Å². The van der Waals surface area contributed by atoms with Crippen LogP contribution < -0.4 is 0 Å². The third-order valence-corrected chi connectivity index (χ3v) is 1.52. The molecule has 0 aromatic carbocycles. The van der Waals surface area contributed by atoms with E-state index < -0.39 is 0 Å². The van der Waals surface area contributed by atoms with Gasteiger partial charge in [0.2, 0.25) is 0 Å². The van der Waals surface area contributed by atoms with Gasteiger partial charge in [-0.15, -0.1) is 0 Å². The number of ketones is 1. The lowest BCUT2D eigenvalue weighted by Crippen LogP contribution is -1.82. The minimum atomic E-state index is -0.00786. The Bertz CT molecular complexity index is 315. The molecule has 70 valence electrons. The van der Waals surface area contributed by atoms with Gasteiger partial charge in [0.25, 0.3) is 0 Å². The molecule has 1 aliphatic rings. The van der Waals surface area contributed by atoms with Gasteiger partial charge in [-0.3, -0.25) is 4.79 Å². The Labute approximate surface area is 84.1 Å². The zero-order valence-corrected chi connectivity index (χ0v) is 7.84. The third-order valence-electron chi connectivity index (χ3n) is 1.52. The molecular formula is C13H12O. The molecule has 0 saturated heterocycles. The van der Waals surface area contributed by atoms with Crippen molar-refractivity contribution in [3.05, 3.63) is 72.9 Å². The molecule has 1 aliphatic carbocycles. The molecule has 1 rings (SSSR count). The Morgan fingerprint density at radius 2 is 0.786 bits per heavy atom. The summed E-state index contributed by atoms with van der Waals surface area (Å²) in [5.74, 6) is -0.00786. The summed E-state index contributed by atoms with van der Waals surface area (Å²) in [6, 6.07) is 0. The molecule has 0 bridgehead atoms. The van der Waals surface area contributed by atoms with Gasteiger partial charge in [0.1, 0.15) is 0 Å². The second-order valence-corrected chi connectivity index (χ2v) is 2.66. The molecule has 1 heteroatoms. The van der Waals surface area contributed by atoms with E-state index in [0.29, 0.717) is 0 Å². The van der Waals surface area contributed by atoms with Crippen molar-refractivity contribution < 1.29 is 4.79 Å². The SMILES string of the molecule is O=C1C=CC=CC=CC=CC=CC=C1. The van der Waals surface area contributed by atoms with E-state index in [0.717, 1.165) is 0 Å². The topological polar surface area (TPSA) is 17.1 Å². The molecule has 0 spiro atoms. The molecule has 0 aromatic heterocycles. The zero-order valence-electron chi connectivity index (χ0n) is 7.84. The second-order valence-electron chi connectivity index (χ2n) is 2.66. The summed E-state index contributed by atoms with van der Waals surface area (Å²) in [5, 5.41) is 0. The van der Waals surface area contributed by atoms with E-state index in [1.807, 2.05) is 48.6 Å². The average molecular weight is 184 g/mol. The molecule has 0 saturated carbocycles. The number of hydrogen-bond acceptors (Lipinski definition) is 1. The van der Waals surface area contributed by atoms with Crippen LogP contribution in [0.5, 0.6) is 0 Å². The van der Waals surface area contributed by atoms with Crippen molar-refractivity contribution in [1.29, 1.82) is 0 Å². The lowest BCUT2D eigenvalue weighted by Gasteiger charge is -1.78. The van der Waals surface area contributed by atoms with Gasteiger partial charge in [0.15, 0.2) is 5.78 Å². The molecule has 14 heavy (non-hydrogen) atoms. The molecular weight excluding hydrogens is 172 g/mol. The first-order valence-corrected chi connectivity index (χ1v) is 4.45. The fourth-order valence-corrected chi connectivity index (χ4v) is 0.870. The summed E-state index contributed by atoms with van der Waals surface area (Å²) in [6.07, 6.45) is 21.6. The maximum Gasteiger partial charge on any atom is 0.178 e. The summed E-state index contributed by atoms with van der Waals surface area (Å²) >= 11 is 0. The maximum atomic E-state index is 11.1. The Balaban J connectivity index is 2.77. The van der Waals surface area contributed by atoms with E-state index in [4.69, 9.17) is 0 Å². The monoisotopic (exact) mass is 184 g/mol. The van der Waals surface area contributed by atoms with Crippen LogP contribution in [0.4, 0.5) is 0 Å². The molecule has 0 N–H and O–H groups in total. The molecule has 0 fully saturated rings. The van der Waals surface area contributed by atoms with Gasteiger partial charge in [-0.1, -0.05) is 60.8 Å². The van der Waals surface area contributed by atoms with Crippen LogP contribution in [-0.4, -0.2) is 5.78 Å². The summed E-state index contributed by atoms with van der Waals surface area (Å²) in [7, 11) is 0. The normalized spacial score (nSPS) is 16.4. The fourth-order valence-electron chi connectivity index (χ4n) is 0.870. The number of carbonyl (C=O) groups excluding carboxylic acids is 1. The molecule has 0 aromatic rings. The van der Waals surface area contributed by atoms with Crippen LogP contribution in [0.3, 0.4) is 0 Å². The van der Waals surface area contributed by atoms with Crippen molar-refractivity contribution >= 4 is 5.78 Å². The molecule has 0 heterocycles. The van der Waals surface area contributed by atoms with Gasteiger partial charge >= 0.3 is 0 Å². The maximum absolute atomic E-state index is 11.1. The van der Waals surface area contributed by atoms with Gasteiger partial charge < -0.3 is 0 Å². The van der Waals surface area contributed by atoms with E-state index >= 15 is 0 Å². The number of carbonyl (C=O) groups is 1. The lowest BCUT2D eigenvalue weighted by molar-refractivity contribution is -0.110. The highest BCUT2D eigenvalue weighted by atomic mass is 16.1. The first-order valence-electron chi connectivity index (χ1n) is 4.45. The largest absolute Gasteiger partial charge is 0.290 e. The predicted molar refractivity (Wildman–Crippen MR) is 59.8 cm³/mol. The summed E-state index contributed by atoms with van der Waals surface area (Å²) in [4.78, 5) is 11.1. The van der Waals surface area contributed by atoms with Gasteiger partial charge in [-0.25, -0.2) is 0 Å². The highest BCUT2D eigenvalue weighted by Crippen LogP contribution is 1.88. The summed E-state index contributed by atoms with van der Waals surface area (Å²) in [6.45, 7) is 0. The third kappa shape index (κ3) is 4.88. The predicted octanol–water partition coefficient (Wildman–Crippen LogP) is 2.91. The number of rotatable bonds is 0. The van der Waals surface area contributed by atoms with Crippen LogP contribution in [0.2, 0.25) is 0 Å². The van der Waals surface area contributed by atoms with Crippen LogP contribution in [-0.2, 0) is 4.79 Å². The molecule has 0 radical (unpaired) electrons. The minimum Gasteiger partial charge on any atom is -0.290 e. The molecule has 1 nitrogen and oxygen atoms in total. The first-order chi connectivity index (χ1) is 6.89. The van der Waals surface area contributed by atoms with E-state index in [9.17, 15) is 4.79 Å². The van der Waals surface area contributed by atoms with Gasteiger partial charge in [0, 0.05) is 0 Å². The Hall–Kier alpha value is -1.89. The highest BCUT2D eigenvalue weighted by molar-refractivity contribution is 5.99. The Morgan fingerprint density at radius 1 is 0.500 bits per heavy atom. The molecule has 0 amide bonds. The minimum absolute atomic E-state index is 0.00786. The zero-order chi connectivity index (χ0) is 10.1. The summed E-state index contributed by atoms with van der Waals surface area (Å²) in [5.41, 5.74) is 0. The Kier molecular flexibility index (Phi) is 4.81. The van der Waals surface area contributed by atoms with Crippen molar-refractivity contribution in [2.45, 2.75) is 0 Å². The first kappa shape index (κ1) is 10.2. The quantitative estimate of drug-likeness (QED) is 0.565. The van der Waals surface area contributed by atoms with E-state index in [-0.39, 0.29) is 5.78 Å². The number of hydrogen-bond donors (Lipinski definition) is 0. The molecule has 0 unspecified atom stereocenters. The van der Waals surface area contributed by atoms with Gasteiger partial charge in [-0.2, -0.15) is 0 Å². The van der Waals surface area contributed by atoms with Crippen LogP contribution in [0.15, 0.2) is 72.9 Å². The number of allylic oxidation sites excluding steroid dienone is 12. The smallest absolute Gasteiger partial charge is 0.178 e. The van der Waals surface area contributed by atoms with Gasteiger partial charge in [0.05, 0.1) is 0 Å². The average Bonchev–Trinajstić information content (AvgIpc) is 2.20. The van der Waals surface area contributed by atoms with E-state index in [1.54, 1.807) is 12.2 Å². The fraction of sp³-hybridized carbons (Fsp3) is 0. The van der Waals surface area contributed by atoms with Crippen molar-refractivity contribution in [2.24, 2.45) is 0 Å². The van der Waals surface area contributed by atoms with E-state index in [2.05, 4.69) is 0 Å². The van der Waals surface area contributed by atoms with Crippen molar-refractivity contribution in [1.82, 2.24) is 0 Å². The molecule has 0 atom stereocenters. The van der Waals surface area contributed by atoms with Crippen LogP contribution in [0.1, 0.15) is 0 Å². The van der Waals surface area contributed by atoms with Gasteiger partial charge in [-0.05, 0) is 12.2 Å². The highest BCUT2D eigenvalue weighted by Gasteiger charge is 1.83. The van der Waals surface area contributed by atoms with Crippen LogP contribution >= 0.6 is 0 Å². The lowest BCUT2D eigenvalue weighted by atomic mass is 10.3. The van der Waals surface area contributed by atoms with Crippen molar-refractivity contribution in [2.75, 3.05) is 0 Å². The van der Waals surface area contributed by atoms with Crippen LogP contribution in [0, 0.1) is 0 Å².